The molecule has 1 atom stereocenters. The molecule has 2 nitrogen and oxygen atoms in total. The monoisotopic (exact) mass is 210 g/mol. The zero-order valence-electron chi connectivity index (χ0n) is 10.3. The van der Waals surface area contributed by atoms with Gasteiger partial charge in [0.15, 0.2) is 0 Å². The zero-order chi connectivity index (χ0) is 11.5. The van der Waals surface area contributed by atoms with E-state index in [0.717, 1.165) is 18.8 Å². The first kappa shape index (κ1) is 12.3. The molecule has 1 aliphatic carbocycles. The van der Waals surface area contributed by atoms with E-state index in [4.69, 9.17) is 0 Å². The standard InChI is InChI=1S/C13H22O2/c1-13(2,3)11-7-5-10(6-8-11)9-12(14)15-4/h5,11H,6-9H2,1-4H3. The SMILES string of the molecule is COC(=O)CC1=CCC(C(C)(C)C)CC1. The fourth-order valence-electron chi connectivity index (χ4n) is 2.09. The Hall–Kier alpha value is -0.790. The summed E-state index contributed by atoms with van der Waals surface area (Å²) in [7, 11) is 1.45. The smallest absolute Gasteiger partial charge is 0.309 e. The Morgan fingerprint density at radius 2 is 2.20 bits per heavy atom. The normalized spacial score (nSPS) is 22.1. The van der Waals surface area contributed by atoms with Crippen molar-refractivity contribution in [2.45, 2.75) is 46.5 Å². The van der Waals surface area contributed by atoms with E-state index in [0.29, 0.717) is 11.8 Å². The van der Waals surface area contributed by atoms with Crippen LogP contribution in [0.3, 0.4) is 0 Å². The van der Waals surface area contributed by atoms with Gasteiger partial charge in [0, 0.05) is 0 Å². The van der Waals surface area contributed by atoms with Crippen LogP contribution in [0.15, 0.2) is 11.6 Å². The lowest BCUT2D eigenvalue weighted by Gasteiger charge is -2.33. The van der Waals surface area contributed by atoms with Crippen molar-refractivity contribution in [1.82, 2.24) is 0 Å². The fraction of sp³-hybridized carbons (Fsp3) is 0.769. The molecule has 0 bridgehead atoms. The van der Waals surface area contributed by atoms with Gasteiger partial charge in [-0.3, -0.25) is 4.79 Å². The number of esters is 1. The Balaban J connectivity index is 2.49. The van der Waals surface area contributed by atoms with Crippen LogP contribution in [0.1, 0.15) is 46.5 Å². The number of rotatable bonds is 2. The highest BCUT2D eigenvalue weighted by Crippen LogP contribution is 2.37. The molecule has 1 aliphatic rings. The fourth-order valence-corrected chi connectivity index (χ4v) is 2.09. The van der Waals surface area contributed by atoms with Crippen LogP contribution in [0.2, 0.25) is 0 Å². The number of carbonyl (C=O) groups excluding carboxylic acids is 1. The molecule has 0 saturated heterocycles. The first-order valence-electron chi connectivity index (χ1n) is 5.68. The van der Waals surface area contributed by atoms with E-state index in [9.17, 15) is 4.79 Å². The number of allylic oxidation sites excluding steroid dienone is 1. The van der Waals surface area contributed by atoms with Crippen LogP contribution in [0.5, 0.6) is 0 Å². The van der Waals surface area contributed by atoms with E-state index in [1.165, 1.54) is 19.1 Å². The van der Waals surface area contributed by atoms with E-state index < -0.39 is 0 Å². The average molecular weight is 210 g/mol. The molecule has 15 heavy (non-hydrogen) atoms. The molecule has 0 heterocycles. The Labute approximate surface area is 92.7 Å². The van der Waals surface area contributed by atoms with Crippen molar-refractivity contribution >= 4 is 5.97 Å². The highest BCUT2D eigenvalue weighted by molar-refractivity contribution is 5.72. The molecule has 0 N–H and O–H groups in total. The molecule has 1 unspecified atom stereocenters. The number of hydrogen-bond donors (Lipinski definition) is 0. The lowest BCUT2D eigenvalue weighted by atomic mass is 9.73. The molecule has 0 saturated carbocycles. The third-order valence-electron chi connectivity index (χ3n) is 3.33. The van der Waals surface area contributed by atoms with Gasteiger partial charge in [-0.05, 0) is 30.6 Å². The second-order valence-electron chi connectivity index (χ2n) is 5.45. The van der Waals surface area contributed by atoms with E-state index in [-0.39, 0.29) is 5.97 Å². The molecule has 1 rings (SSSR count). The molecule has 0 fully saturated rings. The van der Waals surface area contributed by atoms with Crippen LogP contribution in [-0.4, -0.2) is 13.1 Å². The number of hydrogen-bond acceptors (Lipinski definition) is 2. The van der Waals surface area contributed by atoms with Gasteiger partial charge in [0.2, 0.25) is 0 Å². The van der Waals surface area contributed by atoms with Gasteiger partial charge in [0.25, 0.3) is 0 Å². The minimum atomic E-state index is -0.115. The summed E-state index contributed by atoms with van der Waals surface area (Å²) in [6.07, 6.45) is 6.07. The number of carbonyl (C=O) groups is 1. The van der Waals surface area contributed by atoms with Gasteiger partial charge >= 0.3 is 5.97 Å². The van der Waals surface area contributed by atoms with Crippen LogP contribution in [-0.2, 0) is 9.53 Å². The molecule has 0 amide bonds. The van der Waals surface area contributed by atoms with Crippen molar-refractivity contribution in [1.29, 1.82) is 0 Å². The van der Waals surface area contributed by atoms with Gasteiger partial charge in [0.1, 0.15) is 0 Å². The zero-order valence-corrected chi connectivity index (χ0v) is 10.3. The van der Waals surface area contributed by atoms with Gasteiger partial charge in [-0.2, -0.15) is 0 Å². The van der Waals surface area contributed by atoms with Gasteiger partial charge in [0.05, 0.1) is 13.5 Å². The summed E-state index contributed by atoms with van der Waals surface area (Å²) < 4.78 is 4.67. The Morgan fingerprint density at radius 3 is 2.60 bits per heavy atom. The molecule has 0 aromatic rings. The highest BCUT2D eigenvalue weighted by Gasteiger charge is 2.26. The van der Waals surface area contributed by atoms with Crippen molar-refractivity contribution in [2.75, 3.05) is 7.11 Å². The van der Waals surface area contributed by atoms with Crippen LogP contribution >= 0.6 is 0 Å². The number of ether oxygens (including phenoxy) is 1. The second-order valence-corrected chi connectivity index (χ2v) is 5.45. The molecule has 0 spiro atoms. The maximum absolute atomic E-state index is 11.1. The van der Waals surface area contributed by atoms with E-state index in [1.807, 2.05) is 0 Å². The lowest BCUT2D eigenvalue weighted by molar-refractivity contribution is -0.139. The van der Waals surface area contributed by atoms with E-state index >= 15 is 0 Å². The summed E-state index contributed by atoms with van der Waals surface area (Å²) in [5.74, 6) is 0.634. The summed E-state index contributed by atoms with van der Waals surface area (Å²) in [6, 6.07) is 0. The van der Waals surface area contributed by atoms with Gasteiger partial charge < -0.3 is 4.74 Å². The number of methoxy groups -OCH3 is 1. The minimum absolute atomic E-state index is 0.115. The first-order chi connectivity index (χ1) is 6.93. The van der Waals surface area contributed by atoms with Crippen LogP contribution in [0.25, 0.3) is 0 Å². The molecular formula is C13H22O2. The molecule has 0 radical (unpaired) electrons. The Kier molecular flexibility index (Phi) is 3.95. The topological polar surface area (TPSA) is 26.3 Å². The summed E-state index contributed by atoms with van der Waals surface area (Å²) in [5.41, 5.74) is 1.63. The van der Waals surface area contributed by atoms with Crippen LogP contribution < -0.4 is 0 Å². The summed E-state index contributed by atoms with van der Waals surface area (Å²) in [5, 5.41) is 0. The minimum Gasteiger partial charge on any atom is -0.469 e. The molecule has 2 heteroatoms. The van der Waals surface area contributed by atoms with Crippen molar-refractivity contribution in [3.63, 3.8) is 0 Å². The molecule has 0 aromatic carbocycles. The lowest BCUT2D eigenvalue weighted by Crippen LogP contribution is -2.22. The van der Waals surface area contributed by atoms with Crippen molar-refractivity contribution in [3.05, 3.63) is 11.6 Å². The van der Waals surface area contributed by atoms with Crippen LogP contribution in [0.4, 0.5) is 0 Å². The summed E-state index contributed by atoms with van der Waals surface area (Å²) in [4.78, 5) is 11.1. The van der Waals surface area contributed by atoms with Gasteiger partial charge in [-0.1, -0.05) is 32.4 Å². The van der Waals surface area contributed by atoms with Crippen molar-refractivity contribution in [2.24, 2.45) is 11.3 Å². The van der Waals surface area contributed by atoms with E-state index in [2.05, 4.69) is 31.6 Å². The van der Waals surface area contributed by atoms with Gasteiger partial charge in [-0.15, -0.1) is 0 Å². The summed E-state index contributed by atoms with van der Waals surface area (Å²) >= 11 is 0. The highest BCUT2D eigenvalue weighted by atomic mass is 16.5. The molecule has 0 aromatic heterocycles. The predicted molar refractivity (Wildman–Crippen MR) is 61.5 cm³/mol. The van der Waals surface area contributed by atoms with Crippen molar-refractivity contribution < 1.29 is 9.53 Å². The maximum atomic E-state index is 11.1. The third-order valence-corrected chi connectivity index (χ3v) is 3.33. The quantitative estimate of drug-likeness (QED) is 0.516. The van der Waals surface area contributed by atoms with Gasteiger partial charge in [-0.25, -0.2) is 0 Å². The molecular weight excluding hydrogens is 188 g/mol. The second kappa shape index (κ2) is 4.82. The van der Waals surface area contributed by atoms with Crippen LogP contribution in [0, 0.1) is 11.3 Å². The van der Waals surface area contributed by atoms with Crippen molar-refractivity contribution in [3.8, 4) is 0 Å². The summed E-state index contributed by atoms with van der Waals surface area (Å²) in [6.45, 7) is 6.87. The molecule has 86 valence electrons. The Morgan fingerprint density at radius 1 is 1.53 bits per heavy atom. The maximum Gasteiger partial charge on any atom is 0.309 e. The largest absolute Gasteiger partial charge is 0.469 e. The molecule has 0 aliphatic heterocycles. The average Bonchev–Trinajstić information content (AvgIpc) is 2.17. The van der Waals surface area contributed by atoms with E-state index in [1.54, 1.807) is 0 Å². The third kappa shape index (κ3) is 3.69. The first-order valence-corrected chi connectivity index (χ1v) is 5.68. The predicted octanol–water partition coefficient (Wildman–Crippen LogP) is 3.32. The Bertz CT molecular complexity index is 258.